The Labute approximate surface area is 224 Å². The first kappa shape index (κ1) is 25.5. The highest BCUT2D eigenvalue weighted by atomic mass is 16.6. The fourth-order valence-electron chi connectivity index (χ4n) is 5.84. The Balaban J connectivity index is 1.54. The zero-order valence-electron chi connectivity index (χ0n) is 22.0. The van der Waals surface area contributed by atoms with Crippen LogP contribution in [0.5, 0.6) is 0 Å². The summed E-state index contributed by atoms with van der Waals surface area (Å²) in [6.45, 7) is 4.02. The Morgan fingerprint density at radius 2 is 1.39 bits per heavy atom. The number of carbonyl (C=O) groups is 1. The van der Waals surface area contributed by atoms with Gasteiger partial charge in [-0.1, -0.05) is 55.3 Å². The number of rotatable bonds is 4. The highest BCUT2D eigenvalue weighted by Gasteiger charge is 2.43. The van der Waals surface area contributed by atoms with Crippen LogP contribution in [0.15, 0.2) is 76.9 Å². The summed E-state index contributed by atoms with van der Waals surface area (Å²) in [5, 5.41) is 12.4. The number of aryl methyl sites for hydroxylation is 2. The third-order valence-corrected chi connectivity index (χ3v) is 7.47. The Morgan fingerprint density at radius 3 is 2.05 bits per heavy atom. The maximum absolute atomic E-state index is 13.2. The van der Waals surface area contributed by atoms with E-state index in [1.165, 1.54) is 0 Å². The molecule has 2 aliphatic rings. The molecule has 1 saturated carbocycles. The number of nitrogens with two attached hydrogens (primary N) is 2. The van der Waals surface area contributed by atoms with Gasteiger partial charge in [-0.15, -0.1) is 0 Å². The number of anilines is 3. The molecule has 1 amide bonds. The van der Waals surface area contributed by atoms with E-state index in [4.69, 9.17) is 26.4 Å². The molecule has 0 spiro atoms. The van der Waals surface area contributed by atoms with E-state index in [1.54, 1.807) is 0 Å². The van der Waals surface area contributed by atoms with Gasteiger partial charge in [-0.3, -0.25) is 5.32 Å². The summed E-state index contributed by atoms with van der Waals surface area (Å²) < 4.78 is 6.23. The lowest BCUT2D eigenvalue weighted by Gasteiger charge is -2.38. The standard InChI is InChI=1S/C31H35N5O2/c1-19-16-20(2)18-21(17-19)34-31(37)38-27-15-5-3-4-12-24-28(27)30(23-11-7-9-14-26(23)33)36-35-29(24)22-10-6-8-13-25(22)32/h6-11,13-14,16-18,24,27-28H,3-5,12,15,32-33H2,1-2H3,(H,34,37). The predicted octanol–water partition coefficient (Wildman–Crippen LogP) is 6.49. The fraction of sp³-hybridized carbons (Fsp3) is 0.323. The van der Waals surface area contributed by atoms with Gasteiger partial charge in [-0.25, -0.2) is 4.79 Å². The first-order valence-corrected chi connectivity index (χ1v) is 13.3. The first-order valence-electron chi connectivity index (χ1n) is 13.3. The molecule has 0 bridgehead atoms. The number of hydrogen-bond acceptors (Lipinski definition) is 6. The molecule has 3 atom stereocenters. The van der Waals surface area contributed by atoms with Crippen LogP contribution in [0.25, 0.3) is 0 Å². The predicted molar refractivity (Wildman–Crippen MR) is 155 cm³/mol. The molecular weight excluding hydrogens is 474 g/mol. The highest BCUT2D eigenvalue weighted by Crippen LogP contribution is 2.39. The van der Waals surface area contributed by atoms with Crippen molar-refractivity contribution < 1.29 is 9.53 Å². The summed E-state index contributed by atoms with van der Waals surface area (Å²) in [5.41, 5.74) is 20.3. The Hall–Kier alpha value is -4.13. The van der Waals surface area contributed by atoms with Crippen LogP contribution in [0.1, 0.15) is 54.4 Å². The van der Waals surface area contributed by atoms with Crippen molar-refractivity contribution in [2.45, 2.75) is 52.1 Å². The monoisotopic (exact) mass is 509 g/mol. The molecule has 0 aromatic heterocycles. The second-order valence-corrected chi connectivity index (χ2v) is 10.4. The van der Waals surface area contributed by atoms with Gasteiger partial charge in [0, 0.05) is 40.0 Å². The maximum Gasteiger partial charge on any atom is 0.411 e. The number of benzene rings is 3. The number of nitrogens with zero attached hydrogens (tertiary/aromatic N) is 2. The summed E-state index contributed by atoms with van der Waals surface area (Å²) in [6.07, 6.45) is 3.81. The highest BCUT2D eigenvalue weighted by molar-refractivity contribution is 6.15. The van der Waals surface area contributed by atoms with Crippen molar-refractivity contribution in [2.24, 2.45) is 22.0 Å². The molecule has 1 aliphatic heterocycles. The van der Waals surface area contributed by atoms with E-state index in [1.807, 2.05) is 74.5 Å². The van der Waals surface area contributed by atoms with Crippen molar-refractivity contribution in [3.05, 3.63) is 89.0 Å². The maximum atomic E-state index is 13.2. The average molecular weight is 510 g/mol. The molecule has 0 radical (unpaired) electrons. The van der Waals surface area contributed by atoms with Crippen molar-refractivity contribution in [3.8, 4) is 0 Å². The number of ether oxygens (including phenoxy) is 1. The van der Waals surface area contributed by atoms with Crippen LogP contribution in [-0.4, -0.2) is 23.6 Å². The SMILES string of the molecule is Cc1cc(C)cc(NC(=O)OC2CCCCCC3C(c4ccccc4N)=NN=C(c4ccccc4N)C23)c1. The lowest BCUT2D eigenvalue weighted by Crippen LogP contribution is -2.45. The zero-order valence-corrected chi connectivity index (χ0v) is 22.0. The molecule has 3 aromatic rings. The number of hydrogen-bond donors (Lipinski definition) is 3. The van der Waals surface area contributed by atoms with Crippen molar-refractivity contribution in [1.29, 1.82) is 0 Å². The van der Waals surface area contributed by atoms with E-state index in [0.29, 0.717) is 11.4 Å². The summed E-state index contributed by atoms with van der Waals surface area (Å²) in [4.78, 5) is 13.2. The first-order chi connectivity index (χ1) is 18.4. The topological polar surface area (TPSA) is 115 Å². The van der Waals surface area contributed by atoms with Gasteiger partial charge in [-0.2, -0.15) is 10.2 Å². The zero-order chi connectivity index (χ0) is 26.6. The smallest absolute Gasteiger partial charge is 0.411 e. The number of nitrogen functional groups attached to an aromatic ring is 2. The molecule has 1 fully saturated rings. The second-order valence-electron chi connectivity index (χ2n) is 10.4. The fourth-order valence-corrected chi connectivity index (χ4v) is 5.84. The molecule has 1 heterocycles. The van der Waals surface area contributed by atoms with Gasteiger partial charge in [0.1, 0.15) is 6.10 Å². The van der Waals surface area contributed by atoms with E-state index >= 15 is 0 Å². The third kappa shape index (κ3) is 5.42. The van der Waals surface area contributed by atoms with Gasteiger partial charge in [-0.05, 0) is 68.5 Å². The minimum Gasteiger partial charge on any atom is -0.445 e. The molecule has 3 aromatic carbocycles. The number of amides is 1. The number of fused-ring (bicyclic) bond motifs is 1. The van der Waals surface area contributed by atoms with Crippen LogP contribution in [-0.2, 0) is 4.74 Å². The Kier molecular flexibility index (Phi) is 7.45. The lowest BCUT2D eigenvalue weighted by atomic mass is 9.71. The van der Waals surface area contributed by atoms with E-state index in [0.717, 1.165) is 71.5 Å². The largest absolute Gasteiger partial charge is 0.445 e. The van der Waals surface area contributed by atoms with Gasteiger partial charge in [0.25, 0.3) is 0 Å². The molecular formula is C31H35N5O2. The Bertz CT molecular complexity index is 1380. The molecule has 1 aliphatic carbocycles. The van der Waals surface area contributed by atoms with Crippen LogP contribution < -0.4 is 16.8 Å². The van der Waals surface area contributed by atoms with Crippen molar-refractivity contribution in [3.63, 3.8) is 0 Å². The summed E-state index contributed by atoms with van der Waals surface area (Å²) in [7, 11) is 0. The Morgan fingerprint density at radius 1 is 0.816 bits per heavy atom. The average Bonchev–Trinajstić information content (AvgIpc) is 2.86. The van der Waals surface area contributed by atoms with Crippen LogP contribution in [0.3, 0.4) is 0 Å². The summed E-state index contributed by atoms with van der Waals surface area (Å²) in [5.74, 6) is -0.233. The lowest BCUT2D eigenvalue weighted by molar-refractivity contribution is 0.0678. The normalized spacial score (nSPS) is 21.3. The molecule has 0 saturated heterocycles. The van der Waals surface area contributed by atoms with E-state index in [2.05, 4.69) is 11.4 Å². The molecule has 5 rings (SSSR count). The van der Waals surface area contributed by atoms with Gasteiger partial charge in [0.2, 0.25) is 0 Å². The molecule has 196 valence electrons. The number of carbonyl (C=O) groups excluding carboxylic acids is 1. The molecule has 7 nitrogen and oxygen atoms in total. The molecule has 3 unspecified atom stereocenters. The summed E-state index contributed by atoms with van der Waals surface area (Å²) in [6, 6.07) is 21.4. The second kappa shape index (κ2) is 11.1. The molecule has 38 heavy (non-hydrogen) atoms. The minimum atomic E-state index is -0.469. The molecule has 5 N–H and O–H groups in total. The minimum absolute atomic E-state index is 0.0221. The van der Waals surface area contributed by atoms with Gasteiger partial charge in [0.05, 0.1) is 11.4 Å². The van der Waals surface area contributed by atoms with Crippen LogP contribution in [0.2, 0.25) is 0 Å². The third-order valence-electron chi connectivity index (χ3n) is 7.47. The quantitative estimate of drug-likeness (QED) is 0.349. The van der Waals surface area contributed by atoms with E-state index in [-0.39, 0.29) is 11.8 Å². The van der Waals surface area contributed by atoms with Crippen LogP contribution in [0, 0.1) is 25.7 Å². The van der Waals surface area contributed by atoms with E-state index in [9.17, 15) is 4.79 Å². The van der Waals surface area contributed by atoms with Gasteiger partial charge in [0.15, 0.2) is 0 Å². The number of nitrogens with one attached hydrogen (secondary N) is 1. The van der Waals surface area contributed by atoms with Gasteiger partial charge < -0.3 is 16.2 Å². The van der Waals surface area contributed by atoms with E-state index < -0.39 is 12.2 Å². The van der Waals surface area contributed by atoms with Gasteiger partial charge >= 0.3 is 6.09 Å². The van der Waals surface area contributed by atoms with Crippen molar-refractivity contribution in [2.75, 3.05) is 16.8 Å². The van der Waals surface area contributed by atoms with Crippen LogP contribution >= 0.6 is 0 Å². The van der Waals surface area contributed by atoms with Crippen molar-refractivity contribution >= 4 is 34.6 Å². The van der Waals surface area contributed by atoms with Crippen LogP contribution in [0.4, 0.5) is 21.9 Å². The number of para-hydroxylation sites is 2. The summed E-state index contributed by atoms with van der Waals surface area (Å²) >= 11 is 0. The van der Waals surface area contributed by atoms with Crippen molar-refractivity contribution in [1.82, 2.24) is 0 Å². The molecule has 7 heteroatoms.